The topological polar surface area (TPSA) is 74.8 Å². The zero-order valence-electron chi connectivity index (χ0n) is 20.3. The predicted octanol–water partition coefficient (Wildman–Crippen LogP) is 4.30. The van der Waals surface area contributed by atoms with Gasteiger partial charge < -0.3 is 15.0 Å². The summed E-state index contributed by atoms with van der Waals surface area (Å²) in [4.78, 5) is 33.0. The number of fused-ring (bicyclic) bond motifs is 2. The van der Waals surface area contributed by atoms with E-state index in [0.717, 1.165) is 73.9 Å². The average Bonchev–Trinajstić information content (AvgIpc) is 2.88. The average molecular weight is 473 g/mol. The second-order valence-electron chi connectivity index (χ2n) is 9.32. The summed E-state index contributed by atoms with van der Waals surface area (Å²) in [5.41, 5.74) is 3.08. The summed E-state index contributed by atoms with van der Waals surface area (Å²) < 4.78 is 5.83. The Morgan fingerprint density at radius 1 is 0.971 bits per heavy atom. The van der Waals surface area contributed by atoms with Gasteiger partial charge in [0, 0.05) is 55.3 Å². The van der Waals surface area contributed by atoms with Crippen molar-refractivity contribution in [1.29, 1.82) is 0 Å². The second-order valence-corrected chi connectivity index (χ2v) is 9.32. The van der Waals surface area contributed by atoms with Gasteiger partial charge in [0.15, 0.2) is 5.78 Å². The fourth-order valence-corrected chi connectivity index (χ4v) is 5.01. The zero-order valence-corrected chi connectivity index (χ0v) is 20.3. The van der Waals surface area contributed by atoms with E-state index in [0.29, 0.717) is 24.7 Å². The first-order chi connectivity index (χ1) is 17.1. The molecule has 1 aromatic heterocycles. The van der Waals surface area contributed by atoms with Crippen molar-refractivity contribution in [3.63, 3.8) is 0 Å². The Kier molecular flexibility index (Phi) is 6.95. The number of ketones is 1. The summed E-state index contributed by atoms with van der Waals surface area (Å²) in [5.74, 6) is 1.34. The van der Waals surface area contributed by atoms with E-state index in [9.17, 15) is 9.59 Å². The van der Waals surface area contributed by atoms with Crippen LogP contribution in [0.5, 0.6) is 5.88 Å². The van der Waals surface area contributed by atoms with Crippen LogP contribution in [-0.2, 0) is 11.2 Å². The molecule has 0 radical (unpaired) electrons. The lowest BCUT2D eigenvalue weighted by atomic mass is 10.00. The van der Waals surface area contributed by atoms with E-state index in [1.54, 1.807) is 6.92 Å². The van der Waals surface area contributed by atoms with Crippen molar-refractivity contribution in [2.75, 3.05) is 49.5 Å². The number of rotatable bonds is 8. The highest BCUT2D eigenvalue weighted by molar-refractivity contribution is 6.10. The first-order valence-electron chi connectivity index (χ1n) is 12.5. The Bertz CT molecular complexity index is 1230. The number of carbonyl (C=O) groups excluding carboxylic acids is 2. The van der Waals surface area contributed by atoms with Gasteiger partial charge in [-0.1, -0.05) is 30.3 Å². The van der Waals surface area contributed by atoms with Gasteiger partial charge in [0.2, 0.25) is 11.8 Å². The van der Waals surface area contributed by atoms with Crippen molar-refractivity contribution in [2.24, 2.45) is 0 Å². The maximum Gasteiger partial charge on any atom is 0.225 e. The molecule has 0 aliphatic carbocycles. The summed E-state index contributed by atoms with van der Waals surface area (Å²) in [7, 11) is 0. The van der Waals surface area contributed by atoms with Crippen molar-refractivity contribution in [1.82, 2.24) is 9.88 Å². The van der Waals surface area contributed by atoms with Crippen LogP contribution in [-0.4, -0.2) is 60.9 Å². The number of hydrogen-bond acceptors (Lipinski definition) is 6. The van der Waals surface area contributed by atoms with E-state index in [-0.39, 0.29) is 11.7 Å². The number of piperazine rings is 1. The molecule has 1 saturated heterocycles. The van der Waals surface area contributed by atoms with E-state index in [2.05, 4.69) is 38.3 Å². The Morgan fingerprint density at radius 2 is 1.77 bits per heavy atom. The summed E-state index contributed by atoms with van der Waals surface area (Å²) >= 11 is 0. The second kappa shape index (κ2) is 10.4. The molecular formula is C28H32N4O3. The minimum absolute atomic E-state index is 0.0171. The highest BCUT2D eigenvalue weighted by Crippen LogP contribution is 2.30. The zero-order chi connectivity index (χ0) is 24.2. The Balaban J connectivity index is 1.08. The van der Waals surface area contributed by atoms with Gasteiger partial charge in [-0.05, 0) is 55.8 Å². The smallest absolute Gasteiger partial charge is 0.225 e. The van der Waals surface area contributed by atoms with Crippen LogP contribution < -0.4 is 15.0 Å². The van der Waals surface area contributed by atoms with Gasteiger partial charge in [0.25, 0.3) is 0 Å². The lowest BCUT2D eigenvalue weighted by Crippen LogP contribution is -2.46. The van der Waals surface area contributed by atoms with E-state index >= 15 is 0 Å². The lowest BCUT2D eigenvalue weighted by Gasteiger charge is -2.36. The molecule has 7 heteroatoms. The van der Waals surface area contributed by atoms with Gasteiger partial charge in [-0.3, -0.25) is 14.5 Å². The molecule has 182 valence electrons. The van der Waals surface area contributed by atoms with Crippen LogP contribution in [0.3, 0.4) is 0 Å². The molecule has 0 saturated carbocycles. The summed E-state index contributed by atoms with van der Waals surface area (Å²) in [6.45, 7) is 7.30. The molecule has 0 spiro atoms. The molecular weight excluding hydrogens is 440 g/mol. The van der Waals surface area contributed by atoms with Gasteiger partial charge in [-0.2, -0.15) is 4.98 Å². The first kappa shape index (κ1) is 23.3. The van der Waals surface area contributed by atoms with Crippen molar-refractivity contribution in [3.8, 4) is 5.88 Å². The maximum atomic E-state index is 12.0. The number of anilines is 2. The summed E-state index contributed by atoms with van der Waals surface area (Å²) in [5, 5.41) is 5.01. The van der Waals surface area contributed by atoms with Gasteiger partial charge in [0.05, 0.1) is 6.61 Å². The van der Waals surface area contributed by atoms with Crippen LogP contribution in [0, 0.1) is 0 Å². The quantitative estimate of drug-likeness (QED) is 0.389. The monoisotopic (exact) mass is 472 g/mol. The molecule has 2 aliphatic rings. The normalized spacial score (nSPS) is 16.1. The van der Waals surface area contributed by atoms with Crippen molar-refractivity contribution in [2.45, 2.75) is 32.6 Å². The van der Waals surface area contributed by atoms with Crippen molar-refractivity contribution >= 4 is 34.0 Å². The van der Waals surface area contributed by atoms with E-state index in [1.807, 2.05) is 30.3 Å². The van der Waals surface area contributed by atoms with Gasteiger partial charge in [-0.25, -0.2) is 0 Å². The van der Waals surface area contributed by atoms with Crippen LogP contribution in [0.25, 0.3) is 10.8 Å². The van der Waals surface area contributed by atoms with Gasteiger partial charge >= 0.3 is 0 Å². The molecule has 3 aromatic rings. The van der Waals surface area contributed by atoms with E-state index in [1.165, 1.54) is 5.69 Å². The number of hydrogen-bond donors (Lipinski definition) is 1. The molecule has 1 amide bonds. The number of unbranched alkanes of at least 4 members (excludes halogenated alkanes) is 1. The molecule has 1 N–H and O–H groups in total. The van der Waals surface area contributed by atoms with E-state index < -0.39 is 0 Å². The third kappa shape index (κ3) is 5.30. The van der Waals surface area contributed by atoms with Crippen molar-refractivity contribution < 1.29 is 14.3 Å². The number of carbonyl (C=O) groups is 2. The fraction of sp³-hybridized carbons (Fsp3) is 0.393. The van der Waals surface area contributed by atoms with E-state index in [4.69, 9.17) is 4.74 Å². The SMILES string of the molecule is CC(=O)c1cccc2c(N3CCN(CCCCOc4ccc5c(n4)NC(=O)CC5)CC3)cccc12. The maximum absolute atomic E-state index is 12.0. The molecule has 2 aromatic carbocycles. The summed E-state index contributed by atoms with van der Waals surface area (Å²) in [6, 6.07) is 16.2. The van der Waals surface area contributed by atoms with Gasteiger partial charge in [0.1, 0.15) is 5.82 Å². The molecule has 35 heavy (non-hydrogen) atoms. The Hall–Kier alpha value is -3.45. The Labute approximate surface area is 206 Å². The minimum Gasteiger partial charge on any atom is -0.478 e. The van der Waals surface area contributed by atoms with Crippen LogP contribution in [0.2, 0.25) is 0 Å². The van der Waals surface area contributed by atoms with Crippen LogP contribution in [0.4, 0.5) is 11.5 Å². The number of nitrogens with one attached hydrogen (secondary N) is 1. The number of aromatic nitrogens is 1. The largest absolute Gasteiger partial charge is 0.478 e. The number of nitrogens with zero attached hydrogens (tertiary/aromatic N) is 3. The third-order valence-electron chi connectivity index (χ3n) is 6.94. The third-order valence-corrected chi connectivity index (χ3v) is 6.94. The minimum atomic E-state index is 0.0171. The predicted molar refractivity (Wildman–Crippen MR) is 139 cm³/mol. The number of aryl methyl sites for hydroxylation is 1. The molecule has 0 bridgehead atoms. The highest BCUT2D eigenvalue weighted by atomic mass is 16.5. The fourth-order valence-electron chi connectivity index (χ4n) is 5.01. The molecule has 7 nitrogen and oxygen atoms in total. The highest BCUT2D eigenvalue weighted by Gasteiger charge is 2.20. The number of benzene rings is 2. The number of ether oxygens (including phenoxy) is 1. The Morgan fingerprint density at radius 3 is 2.60 bits per heavy atom. The molecule has 0 unspecified atom stereocenters. The van der Waals surface area contributed by atoms with Gasteiger partial charge in [-0.15, -0.1) is 0 Å². The molecule has 2 aliphatic heterocycles. The molecule has 1 fully saturated rings. The molecule has 0 atom stereocenters. The van der Waals surface area contributed by atoms with Crippen LogP contribution in [0.1, 0.15) is 42.1 Å². The first-order valence-corrected chi connectivity index (χ1v) is 12.5. The summed E-state index contributed by atoms with van der Waals surface area (Å²) in [6.07, 6.45) is 3.29. The number of Topliss-reactive ketones (excluding diaryl/α,β-unsaturated/α-hetero) is 1. The number of pyridine rings is 1. The standard InChI is InChI=1S/C28H32N4O3/c1-20(33)22-6-4-8-24-23(22)7-5-9-25(24)32-17-15-31(16-18-32)14-2-3-19-35-27-13-11-21-10-12-26(34)29-28(21)30-27/h4-9,11,13H,2-3,10,12,14-19H2,1H3,(H,29,30,34). The van der Waals surface area contributed by atoms with Crippen LogP contribution in [0.15, 0.2) is 48.5 Å². The van der Waals surface area contributed by atoms with Crippen LogP contribution >= 0.6 is 0 Å². The molecule has 3 heterocycles. The lowest BCUT2D eigenvalue weighted by molar-refractivity contribution is -0.116. The molecule has 5 rings (SSSR count). The number of amides is 1. The van der Waals surface area contributed by atoms with Crippen molar-refractivity contribution in [3.05, 3.63) is 59.7 Å².